The second-order valence-corrected chi connectivity index (χ2v) is 5.76. The van der Waals surface area contributed by atoms with Gasteiger partial charge in [-0.25, -0.2) is 0 Å². The number of amides is 1. The summed E-state index contributed by atoms with van der Waals surface area (Å²) >= 11 is 0. The van der Waals surface area contributed by atoms with Gasteiger partial charge in [0, 0.05) is 31.3 Å². The Morgan fingerprint density at radius 1 is 1.36 bits per heavy atom. The summed E-state index contributed by atoms with van der Waals surface area (Å²) in [5.74, 6) is 0.927. The highest BCUT2D eigenvalue weighted by atomic mass is 16.5. The molecule has 3 rings (SSSR count). The maximum Gasteiger partial charge on any atom is 0.228 e. The molecule has 1 amide bonds. The lowest BCUT2D eigenvalue weighted by molar-refractivity contribution is -0.132. The zero-order valence-corrected chi connectivity index (χ0v) is 12.4. The van der Waals surface area contributed by atoms with E-state index in [1.54, 1.807) is 0 Å². The number of nitrogens with zero attached hydrogens (tertiary/aromatic N) is 2. The third-order valence-corrected chi connectivity index (χ3v) is 4.08. The Kier molecular flexibility index (Phi) is 4.53. The van der Waals surface area contributed by atoms with E-state index in [-0.39, 0.29) is 24.9 Å². The van der Waals surface area contributed by atoms with Gasteiger partial charge in [0.05, 0.1) is 12.1 Å². The first-order chi connectivity index (χ1) is 10.8. The molecule has 22 heavy (non-hydrogen) atoms. The molecule has 1 N–H and O–H groups in total. The van der Waals surface area contributed by atoms with Gasteiger partial charge < -0.3 is 14.5 Å². The molecule has 1 unspecified atom stereocenters. The first kappa shape index (κ1) is 14.8. The number of carbonyl (C=O) groups excluding carboxylic acids is 1. The van der Waals surface area contributed by atoms with E-state index in [1.165, 1.54) is 0 Å². The molecule has 1 fully saturated rings. The lowest BCUT2D eigenvalue weighted by Gasteiger charge is -2.31. The molecular weight excluding hydrogens is 280 g/mol. The van der Waals surface area contributed by atoms with Crippen molar-refractivity contribution < 1.29 is 14.4 Å². The van der Waals surface area contributed by atoms with Crippen molar-refractivity contribution in [3.63, 3.8) is 0 Å². The van der Waals surface area contributed by atoms with Crippen LogP contribution in [-0.2, 0) is 11.2 Å². The van der Waals surface area contributed by atoms with Crippen LogP contribution in [0.4, 0.5) is 0 Å². The van der Waals surface area contributed by atoms with E-state index in [4.69, 9.17) is 4.52 Å². The molecule has 5 heteroatoms. The van der Waals surface area contributed by atoms with Crippen LogP contribution in [0.25, 0.3) is 11.3 Å². The maximum absolute atomic E-state index is 12.3. The standard InChI is InChI=1S/C17H20N2O3/c20-12-13-5-4-8-19(11-13)17(21)10-15-9-16(22-18-15)14-6-2-1-3-7-14/h1-3,6-7,9,13,20H,4-5,8,10-12H2. The van der Waals surface area contributed by atoms with Crippen molar-refractivity contribution in [1.82, 2.24) is 10.1 Å². The molecule has 116 valence electrons. The van der Waals surface area contributed by atoms with Crippen LogP contribution in [0.3, 0.4) is 0 Å². The number of rotatable bonds is 4. The highest BCUT2D eigenvalue weighted by Crippen LogP contribution is 2.21. The minimum absolute atomic E-state index is 0.0473. The van der Waals surface area contributed by atoms with Gasteiger partial charge in [-0.2, -0.15) is 0 Å². The number of aliphatic hydroxyl groups is 1. The van der Waals surface area contributed by atoms with Crippen LogP contribution in [0.1, 0.15) is 18.5 Å². The third kappa shape index (κ3) is 3.36. The monoisotopic (exact) mass is 300 g/mol. The number of piperidine rings is 1. The van der Waals surface area contributed by atoms with Crippen LogP contribution >= 0.6 is 0 Å². The molecule has 2 aromatic rings. The van der Waals surface area contributed by atoms with Crippen molar-refractivity contribution in [3.8, 4) is 11.3 Å². The Bertz CT molecular complexity index is 624. The van der Waals surface area contributed by atoms with Gasteiger partial charge in [-0.3, -0.25) is 4.79 Å². The smallest absolute Gasteiger partial charge is 0.228 e. The van der Waals surface area contributed by atoms with E-state index in [2.05, 4.69) is 5.16 Å². The second-order valence-electron chi connectivity index (χ2n) is 5.76. The third-order valence-electron chi connectivity index (χ3n) is 4.08. The molecule has 1 aliphatic rings. The van der Waals surface area contributed by atoms with Crippen molar-refractivity contribution in [2.45, 2.75) is 19.3 Å². The Morgan fingerprint density at radius 3 is 2.95 bits per heavy atom. The van der Waals surface area contributed by atoms with E-state index in [1.807, 2.05) is 41.3 Å². The summed E-state index contributed by atoms with van der Waals surface area (Å²) in [5, 5.41) is 13.2. The Morgan fingerprint density at radius 2 is 2.18 bits per heavy atom. The van der Waals surface area contributed by atoms with Gasteiger partial charge >= 0.3 is 0 Å². The molecule has 5 nitrogen and oxygen atoms in total. The van der Waals surface area contributed by atoms with Gasteiger partial charge in [0.2, 0.25) is 5.91 Å². The Labute approximate surface area is 129 Å². The van der Waals surface area contributed by atoms with Gasteiger partial charge in [0.1, 0.15) is 0 Å². The van der Waals surface area contributed by atoms with Crippen LogP contribution in [0.5, 0.6) is 0 Å². The molecule has 0 aliphatic carbocycles. The molecule has 1 atom stereocenters. The average Bonchev–Trinajstić information content (AvgIpc) is 3.04. The molecular formula is C17H20N2O3. The van der Waals surface area contributed by atoms with E-state index in [9.17, 15) is 9.90 Å². The Balaban J connectivity index is 1.64. The number of aromatic nitrogens is 1. The average molecular weight is 300 g/mol. The lowest BCUT2D eigenvalue weighted by atomic mass is 9.98. The lowest BCUT2D eigenvalue weighted by Crippen LogP contribution is -2.41. The van der Waals surface area contributed by atoms with E-state index < -0.39 is 0 Å². The summed E-state index contributed by atoms with van der Waals surface area (Å²) < 4.78 is 5.32. The van der Waals surface area contributed by atoms with Gasteiger partial charge in [-0.05, 0) is 18.8 Å². The number of hydrogen-bond donors (Lipinski definition) is 1. The summed E-state index contributed by atoms with van der Waals surface area (Å²) in [6.07, 6.45) is 2.18. The fourth-order valence-corrected chi connectivity index (χ4v) is 2.84. The van der Waals surface area contributed by atoms with E-state index in [0.717, 1.165) is 24.9 Å². The zero-order valence-electron chi connectivity index (χ0n) is 12.4. The first-order valence-corrected chi connectivity index (χ1v) is 7.66. The highest BCUT2D eigenvalue weighted by Gasteiger charge is 2.24. The molecule has 1 aromatic carbocycles. The zero-order chi connectivity index (χ0) is 15.4. The van der Waals surface area contributed by atoms with Crippen LogP contribution in [0.2, 0.25) is 0 Å². The SMILES string of the molecule is O=C(Cc1cc(-c2ccccc2)on1)N1CCCC(CO)C1. The maximum atomic E-state index is 12.3. The predicted molar refractivity (Wildman–Crippen MR) is 82.0 cm³/mol. The summed E-state index contributed by atoms with van der Waals surface area (Å²) in [6.45, 7) is 1.54. The van der Waals surface area contributed by atoms with Crippen molar-refractivity contribution in [2.24, 2.45) is 5.92 Å². The van der Waals surface area contributed by atoms with Crippen molar-refractivity contribution >= 4 is 5.91 Å². The van der Waals surface area contributed by atoms with Crippen molar-refractivity contribution in [3.05, 3.63) is 42.1 Å². The summed E-state index contributed by atoms with van der Waals surface area (Å²) in [6, 6.07) is 11.5. The van der Waals surface area contributed by atoms with E-state index >= 15 is 0 Å². The molecule has 2 heterocycles. The van der Waals surface area contributed by atoms with Crippen LogP contribution < -0.4 is 0 Å². The molecule has 1 aromatic heterocycles. The van der Waals surface area contributed by atoms with Crippen LogP contribution in [0.15, 0.2) is 40.9 Å². The minimum atomic E-state index is 0.0473. The number of aliphatic hydroxyl groups excluding tert-OH is 1. The molecule has 0 spiro atoms. The molecule has 0 bridgehead atoms. The molecule has 1 aliphatic heterocycles. The summed E-state index contributed by atoms with van der Waals surface area (Å²) in [4.78, 5) is 14.2. The topological polar surface area (TPSA) is 66.6 Å². The summed E-state index contributed by atoms with van der Waals surface area (Å²) in [7, 11) is 0. The van der Waals surface area contributed by atoms with Crippen molar-refractivity contribution in [2.75, 3.05) is 19.7 Å². The van der Waals surface area contributed by atoms with Gasteiger partial charge in [-0.15, -0.1) is 0 Å². The van der Waals surface area contributed by atoms with Gasteiger partial charge in [0.25, 0.3) is 0 Å². The number of likely N-dealkylation sites (tertiary alicyclic amines) is 1. The highest BCUT2D eigenvalue weighted by molar-refractivity contribution is 5.78. The number of hydrogen-bond acceptors (Lipinski definition) is 4. The quantitative estimate of drug-likeness (QED) is 0.939. The fraction of sp³-hybridized carbons (Fsp3) is 0.412. The predicted octanol–water partition coefficient (Wildman–Crippen LogP) is 2.12. The van der Waals surface area contributed by atoms with Crippen LogP contribution in [0, 0.1) is 5.92 Å². The second kappa shape index (κ2) is 6.75. The van der Waals surface area contributed by atoms with Crippen molar-refractivity contribution in [1.29, 1.82) is 0 Å². The summed E-state index contributed by atoms with van der Waals surface area (Å²) in [5.41, 5.74) is 1.60. The first-order valence-electron chi connectivity index (χ1n) is 7.66. The van der Waals surface area contributed by atoms with Gasteiger partial charge in [0.15, 0.2) is 5.76 Å². The molecule has 0 saturated carbocycles. The fourth-order valence-electron chi connectivity index (χ4n) is 2.84. The van der Waals surface area contributed by atoms with E-state index in [0.29, 0.717) is 18.0 Å². The molecule has 0 radical (unpaired) electrons. The van der Waals surface area contributed by atoms with Crippen LogP contribution in [-0.4, -0.2) is 40.8 Å². The largest absolute Gasteiger partial charge is 0.396 e. The number of benzene rings is 1. The van der Waals surface area contributed by atoms with Gasteiger partial charge in [-0.1, -0.05) is 35.5 Å². The Hall–Kier alpha value is -2.14. The normalized spacial score (nSPS) is 18.4. The molecule has 1 saturated heterocycles. The number of carbonyl (C=O) groups is 1. The minimum Gasteiger partial charge on any atom is -0.396 e.